The molecule has 21 heavy (non-hydrogen) atoms. The molecule has 1 aliphatic heterocycles. The second kappa shape index (κ2) is 11.7. The predicted octanol–water partition coefficient (Wildman–Crippen LogP) is 4.47. The molecule has 122 valence electrons. The first-order valence-electron chi connectivity index (χ1n) is 8.82. The standard InChI is InChI=1S/C18H35N3/c1-3-4-5-6-7-8-9-10-11-12-13-14-18-20-15-16-21(18)17(2)19/h3-4,15-18,20H,5-14,19H2,1-2H3/b4-3+. The molecule has 0 aliphatic carbocycles. The second-order valence-corrected chi connectivity index (χ2v) is 6.16. The van der Waals surface area contributed by atoms with E-state index in [9.17, 15) is 0 Å². The minimum atomic E-state index is 0.101. The van der Waals surface area contributed by atoms with Gasteiger partial charge in [0.25, 0.3) is 0 Å². The number of hydrogen-bond acceptors (Lipinski definition) is 3. The highest BCUT2D eigenvalue weighted by atomic mass is 15.3. The third-order valence-electron chi connectivity index (χ3n) is 4.20. The summed E-state index contributed by atoms with van der Waals surface area (Å²) < 4.78 is 0. The molecule has 1 aliphatic rings. The molecule has 3 nitrogen and oxygen atoms in total. The van der Waals surface area contributed by atoms with Crippen molar-refractivity contribution >= 4 is 0 Å². The first-order valence-corrected chi connectivity index (χ1v) is 8.82. The highest BCUT2D eigenvalue weighted by Gasteiger charge is 2.20. The number of nitrogens with zero attached hydrogens (tertiary/aromatic N) is 1. The van der Waals surface area contributed by atoms with Gasteiger partial charge in [-0.2, -0.15) is 0 Å². The average molecular weight is 293 g/mol. The van der Waals surface area contributed by atoms with Crippen LogP contribution in [0.25, 0.3) is 0 Å². The first-order chi connectivity index (χ1) is 10.3. The minimum Gasteiger partial charge on any atom is -0.370 e. The second-order valence-electron chi connectivity index (χ2n) is 6.16. The molecule has 0 aromatic heterocycles. The lowest BCUT2D eigenvalue weighted by molar-refractivity contribution is 0.208. The topological polar surface area (TPSA) is 41.3 Å². The van der Waals surface area contributed by atoms with Gasteiger partial charge < -0.3 is 16.0 Å². The van der Waals surface area contributed by atoms with Crippen LogP contribution in [-0.4, -0.2) is 17.2 Å². The van der Waals surface area contributed by atoms with Crippen molar-refractivity contribution in [2.75, 3.05) is 0 Å². The SMILES string of the molecule is C/C=C/CCCCCCCCCCC1NC=CN1C(C)N. The lowest BCUT2D eigenvalue weighted by Gasteiger charge is -2.28. The molecule has 2 unspecified atom stereocenters. The third-order valence-corrected chi connectivity index (χ3v) is 4.20. The molecule has 0 saturated heterocycles. The summed E-state index contributed by atoms with van der Waals surface area (Å²) in [4.78, 5) is 2.21. The van der Waals surface area contributed by atoms with E-state index >= 15 is 0 Å². The number of nitrogens with one attached hydrogen (secondary N) is 1. The van der Waals surface area contributed by atoms with E-state index in [0.717, 1.165) is 0 Å². The van der Waals surface area contributed by atoms with Gasteiger partial charge in [0.05, 0.1) is 12.3 Å². The molecular formula is C18H35N3. The Bertz CT molecular complexity index is 297. The van der Waals surface area contributed by atoms with Crippen LogP contribution in [0.2, 0.25) is 0 Å². The van der Waals surface area contributed by atoms with Gasteiger partial charge in [0.15, 0.2) is 0 Å². The lowest BCUT2D eigenvalue weighted by Crippen LogP contribution is -2.44. The molecular weight excluding hydrogens is 258 g/mol. The Balaban J connectivity index is 1.87. The molecule has 1 rings (SSSR count). The predicted molar refractivity (Wildman–Crippen MR) is 92.5 cm³/mol. The highest BCUT2D eigenvalue weighted by Crippen LogP contribution is 2.16. The van der Waals surface area contributed by atoms with Gasteiger partial charge in [-0.15, -0.1) is 0 Å². The first kappa shape index (κ1) is 18.1. The van der Waals surface area contributed by atoms with E-state index in [-0.39, 0.29) is 6.17 Å². The van der Waals surface area contributed by atoms with Crippen molar-refractivity contribution < 1.29 is 0 Å². The summed E-state index contributed by atoms with van der Waals surface area (Å²) >= 11 is 0. The fourth-order valence-electron chi connectivity index (χ4n) is 2.91. The lowest BCUT2D eigenvalue weighted by atomic mass is 10.1. The molecule has 0 aromatic rings. The molecule has 0 aromatic carbocycles. The van der Waals surface area contributed by atoms with Crippen molar-refractivity contribution in [3.8, 4) is 0 Å². The highest BCUT2D eigenvalue weighted by molar-refractivity contribution is 4.95. The molecule has 0 spiro atoms. The van der Waals surface area contributed by atoms with Gasteiger partial charge in [0.1, 0.15) is 0 Å². The van der Waals surface area contributed by atoms with Gasteiger partial charge in [-0.1, -0.05) is 50.7 Å². The number of allylic oxidation sites excluding steroid dienone is 2. The number of rotatable bonds is 12. The van der Waals surface area contributed by atoms with Gasteiger partial charge in [-0.25, -0.2) is 0 Å². The van der Waals surface area contributed by atoms with Crippen molar-refractivity contribution in [1.82, 2.24) is 10.2 Å². The Hall–Kier alpha value is -0.960. The van der Waals surface area contributed by atoms with Crippen molar-refractivity contribution in [1.29, 1.82) is 0 Å². The molecule has 0 amide bonds. The maximum absolute atomic E-state index is 5.95. The van der Waals surface area contributed by atoms with E-state index in [0.29, 0.717) is 6.17 Å². The van der Waals surface area contributed by atoms with Gasteiger partial charge >= 0.3 is 0 Å². The summed E-state index contributed by atoms with van der Waals surface area (Å²) in [7, 11) is 0. The van der Waals surface area contributed by atoms with Crippen LogP contribution in [0.1, 0.15) is 78.1 Å². The van der Waals surface area contributed by atoms with E-state index in [4.69, 9.17) is 5.73 Å². The largest absolute Gasteiger partial charge is 0.370 e. The quantitative estimate of drug-likeness (QED) is 0.412. The number of nitrogens with two attached hydrogens (primary N) is 1. The zero-order chi connectivity index (χ0) is 15.3. The molecule has 0 saturated carbocycles. The monoisotopic (exact) mass is 293 g/mol. The Kier molecular flexibility index (Phi) is 10.1. The van der Waals surface area contributed by atoms with Crippen LogP contribution in [-0.2, 0) is 0 Å². The van der Waals surface area contributed by atoms with Crippen LogP contribution in [0.4, 0.5) is 0 Å². The molecule has 0 radical (unpaired) electrons. The Labute approximate surface area is 131 Å². The zero-order valence-electron chi connectivity index (χ0n) is 14.1. The van der Waals surface area contributed by atoms with Gasteiger partial charge in [0, 0.05) is 12.4 Å². The Morgan fingerprint density at radius 2 is 1.71 bits per heavy atom. The number of unbranched alkanes of at least 4 members (excludes halogenated alkanes) is 8. The maximum atomic E-state index is 5.95. The smallest absolute Gasteiger partial charge is 0.0995 e. The van der Waals surface area contributed by atoms with E-state index in [1.54, 1.807) is 0 Å². The number of hydrogen-bond donors (Lipinski definition) is 2. The zero-order valence-corrected chi connectivity index (χ0v) is 14.1. The summed E-state index contributed by atoms with van der Waals surface area (Å²) in [5.41, 5.74) is 5.95. The summed E-state index contributed by atoms with van der Waals surface area (Å²) in [5, 5.41) is 3.38. The molecule has 0 fully saturated rings. The van der Waals surface area contributed by atoms with Crippen molar-refractivity contribution in [3.05, 3.63) is 24.6 Å². The van der Waals surface area contributed by atoms with Crippen LogP contribution in [0, 0.1) is 0 Å². The third kappa shape index (κ3) is 8.15. The molecule has 1 heterocycles. The van der Waals surface area contributed by atoms with E-state index in [1.807, 2.05) is 13.1 Å². The summed E-state index contributed by atoms with van der Waals surface area (Å²) in [6, 6.07) is 0. The molecule has 3 N–H and O–H groups in total. The maximum Gasteiger partial charge on any atom is 0.0995 e. The van der Waals surface area contributed by atoms with Crippen LogP contribution >= 0.6 is 0 Å². The van der Waals surface area contributed by atoms with Gasteiger partial charge in [-0.3, -0.25) is 0 Å². The normalized spacial score (nSPS) is 19.4. The molecule has 2 atom stereocenters. The van der Waals surface area contributed by atoms with Crippen molar-refractivity contribution in [2.24, 2.45) is 5.73 Å². The fraction of sp³-hybridized carbons (Fsp3) is 0.778. The van der Waals surface area contributed by atoms with E-state index < -0.39 is 0 Å². The van der Waals surface area contributed by atoms with Crippen molar-refractivity contribution in [2.45, 2.75) is 90.4 Å². The summed E-state index contributed by atoms with van der Waals surface area (Å²) in [6.45, 7) is 4.14. The van der Waals surface area contributed by atoms with Crippen LogP contribution < -0.4 is 11.1 Å². The van der Waals surface area contributed by atoms with E-state index in [1.165, 1.54) is 64.2 Å². The van der Waals surface area contributed by atoms with Crippen LogP contribution in [0.3, 0.4) is 0 Å². The minimum absolute atomic E-state index is 0.101. The molecule has 3 heteroatoms. The average Bonchev–Trinajstić information content (AvgIpc) is 2.93. The van der Waals surface area contributed by atoms with Gasteiger partial charge in [0.2, 0.25) is 0 Å². The Morgan fingerprint density at radius 1 is 1.10 bits per heavy atom. The van der Waals surface area contributed by atoms with Crippen LogP contribution in [0.15, 0.2) is 24.6 Å². The fourth-order valence-corrected chi connectivity index (χ4v) is 2.91. The van der Waals surface area contributed by atoms with E-state index in [2.05, 4.69) is 35.5 Å². The summed E-state index contributed by atoms with van der Waals surface area (Å²) in [5.74, 6) is 0. The Morgan fingerprint density at radius 3 is 2.33 bits per heavy atom. The molecule has 0 bridgehead atoms. The summed E-state index contributed by atoms with van der Waals surface area (Å²) in [6.07, 6.45) is 22.5. The van der Waals surface area contributed by atoms with Crippen molar-refractivity contribution in [3.63, 3.8) is 0 Å². The van der Waals surface area contributed by atoms with Gasteiger partial charge in [-0.05, 0) is 39.5 Å². The van der Waals surface area contributed by atoms with Crippen LogP contribution in [0.5, 0.6) is 0 Å².